The molecule has 0 atom stereocenters. The number of aryl methyl sites for hydroxylation is 1. The van der Waals surface area contributed by atoms with Gasteiger partial charge in [0.15, 0.2) is 0 Å². The number of benzene rings is 1. The second-order valence-electron chi connectivity index (χ2n) is 6.68. The second-order valence-corrected chi connectivity index (χ2v) is 6.68. The third-order valence-electron chi connectivity index (χ3n) is 4.62. The van der Waals surface area contributed by atoms with E-state index in [2.05, 4.69) is 5.32 Å². The maximum Gasteiger partial charge on any atom is 0.263 e. The summed E-state index contributed by atoms with van der Waals surface area (Å²) < 4.78 is 1.54. The summed E-state index contributed by atoms with van der Waals surface area (Å²) in [4.78, 5) is 24.9. The maximum atomic E-state index is 12.6. The highest BCUT2D eigenvalue weighted by Gasteiger charge is 2.42. The third-order valence-corrected chi connectivity index (χ3v) is 4.62. The van der Waals surface area contributed by atoms with Crippen LogP contribution < -0.4 is 10.9 Å². The van der Waals surface area contributed by atoms with Crippen LogP contribution in [0.4, 0.5) is 0 Å². The van der Waals surface area contributed by atoms with Gasteiger partial charge >= 0.3 is 0 Å². The zero-order chi connectivity index (χ0) is 17.2. The Kier molecular flexibility index (Phi) is 4.53. The molecule has 0 bridgehead atoms. The molecule has 2 N–H and O–H groups in total. The number of rotatable bonds is 6. The normalized spacial score (nSPS) is 15.1. The van der Waals surface area contributed by atoms with E-state index in [0.717, 1.165) is 24.0 Å². The average Bonchev–Trinajstić information content (AvgIpc) is 3.35. The molecule has 1 fully saturated rings. The highest BCUT2D eigenvalue weighted by Crippen LogP contribution is 2.44. The van der Waals surface area contributed by atoms with Crippen molar-refractivity contribution in [3.8, 4) is 0 Å². The lowest BCUT2D eigenvalue weighted by atomic mass is 10.1. The Labute approximate surface area is 140 Å². The zero-order valence-corrected chi connectivity index (χ0v) is 13.8. The van der Waals surface area contributed by atoms with Crippen molar-refractivity contribution >= 4 is 5.91 Å². The van der Waals surface area contributed by atoms with Gasteiger partial charge in [0, 0.05) is 18.2 Å². The molecule has 126 valence electrons. The van der Waals surface area contributed by atoms with Crippen molar-refractivity contribution in [3.05, 3.63) is 69.6 Å². The Balaban J connectivity index is 1.75. The number of aromatic nitrogens is 1. The van der Waals surface area contributed by atoms with Gasteiger partial charge in [0.25, 0.3) is 11.5 Å². The van der Waals surface area contributed by atoms with Gasteiger partial charge in [0.05, 0.1) is 13.2 Å². The number of carbonyl (C=O) groups is 1. The van der Waals surface area contributed by atoms with Crippen molar-refractivity contribution in [1.29, 1.82) is 0 Å². The van der Waals surface area contributed by atoms with Gasteiger partial charge in [0.1, 0.15) is 5.56 Å². The van der Waals surface area contributed by atoms with Gasteiger partial charge in [-0.1, -0.05) is 29.8 Å². The van der Waals surface area contributed by atoms with Crippen molar-refractivity contribution < 1.29 is 9.90 Å². The summed E-state index contributed by atoms with van der Waals surface area (Å²) in [5.41, 5.74) is 1.81. The molecule has 24 heavy (non-hydrogen) atoms. The predicted molar refractivity (Wildman–Crippen MR) is 92.1 cm³/mol. The molecule has 0 saturated heterocycles. The van der Waals surface area contributed by atoms with E-state index >= 15 is 0 Å². The van der Waals surface area contributed by atoms with Crippen molar-refractivity contribution in [2.45, 2.75) is 26.3 Å². The van der Waals surface area contributed by atoms with Crippen LogP contribution in [0.2, 0.25) is 0 Å². The molecule has 1 aliphatic rings. The molecule has 2 aromatic rings. The number of pyridine rings is 1. The molecule has 1 aliphatic carbocycles. The Bertz CT molecular complexity index is 806. The fraction of sp³-hybridized carbons (Fsp3) is 0.368. The predicted octanol–water partition coefficient (Wildman–Crippen LogP) is 1.71. The molecule has 1 amide bonds. The number of aliphatic hydroxyl groups is 1. The quantitative estimate of drug-likeness (QED) is 0.849. The minimum Gasteiger partial charge on any atom is -0.396 e. The van der Waals surface area contributed by atoms with E-state index in [0.29, 0.717) is 13.1 Å². The molecular formula is C19H22N2O3. The standard InChI is InChI=1S/C19H22N2O3/c1-14-4-2-5-15(10-14)11-21-9-3-6-16(18(21)24)17(23)20-12-19(13-22)7-8-19/h2-6,9-10,22H,7-8,11-13H2,1H3,(H,20,23). The van der Waals surface area contributed by atoms with E-state index in [4.69, 9.17) is 0 Å². The number of nitrogens with one attached hydrogen (secondary N) is 1. The van der Waals surface area contributed by atoms with Crippen LogP contribution in [0.1, 0.15) is 34.3 Å². The number of amides is 1. The van der Waals surface area contributed by atoms with Crippen LogP contribution in [0.15, 0.2) is 47.4 Å². The van der Waals surface area contributed by atoms with Crippen LogP contribution in [0.5, 0.6) is 0 Å². The topological polar surface area (TPSA) is 71.3 Å². The van der Waals surface area contributed by atoms with Crippen LogP contribution in [-0.4, -0.2) is 28.7 Å². The van der Waals surface area contributed by atoms with Crippen molar-refractivity contribution in [2.75, 3.05) is 13.2 Å². The lowest BCUT2D eigenvalue weighted by Gasteiger charge is -2.13. The first kappa shape index (κ1) is 16.5. The van der Waals surface area contributed by atoms with Gasteiger partial charge in [-0.3, -0.25) is 9.59 Å². The van der Waals surface area contributed by atoms with Gasteiger partial charge in [-0.15, -0.1) is 0 Å². The summed E-state index contributed by atoms with van der Waals surface area (Å²) in [7, 11) is 0. The molecule has 1 aromatic heterocycles. The molecule has 5 heteroatoms. The molecule has 0 aliphatic heterocycles. The van der Waals surface area contributed by atoms with Crippen molar-refractivity contribution in [2.24, 2.45) is 5.41 Å². The molecule has 5 nitrogen and oxygen atoms in total. The Hall–Kier alpha value is -2.40. The SMILES string of the molecule is Cc1cccc(Cn2cccc(C(=O)NCC3(CO)CC3)c2=O)c1. The lowest BCUT2D eigenvalue weighted by Crippen LogP contribution is -2.36. The number of carbonyl (C=O) groups excluding carboxylic acids is 1. The summed E-state index contributed by atoms with van der Waals surface area (Å²) >= 11 is 0. The van der Waals surface area contributed by atoms with Crippen molar-refractivity contribution in [1.82, 2.24) is 9.88 Å². The first-order valence-electron chi connectivity index (χ1n) is 8.17. The summed E-state index contributed by atoms with van der Waals surface area (Å²) in [6.45, 7) is 2.92. The smallest absolute Gasteiger partial charge is 0.263 e. The summed E-state index contributed by atoms with van der Waals surface area (Å²) in [5, 5.41) is 12.1. The number of aliphatic hydroxyl groups excluding tert-OH is 1. The van der Waals surface area contributed by atoms with Gasteiger partial charge in [-0.25, -0.2) is 0 Å². The van der Waals surface area contributed by atoms with Crippen LogP contribution in [-0.2, 0) is 6.54 Å². The first-order valence-corrected chi connectivity index (χ1v) is 8.17. The average molecular weight is 326 g/mol. The fourth-order valence-electron chi connectivity index (χ4n) is 2.77. The van der Waals surface area contributed by atoms with E-state index in [1.807, 2.05) is 31.2 Å². The molecule has 3 rings (SSSR count). The molecule has 1 aromatic carbocycles. The molecule has 1 saturated carbocycles. The monoisotopic (exact) mass is 326 g/mol. The minimum absolute atomic E-state index is 0.0691. The molecule has 1 heterocycles. The van der Waals surface area contributed by atoms with Crippen LogP contribution in [0, 0.1) is 12.3 Å². The van der Waals surface area contributed by atoms with Gasteiger partial charge in [-0.2, -0.15) is 0 Å². The van der Waals surface area contributed by atoms with E-state index in [1.54, 1.807) is 22.9 Å². The Morgan fingerprint density at radius 3 is 2.75 bits per heavy atom. The van der Waals surface area contributed by atoms with Crippen LogP contribution in [0.25, 0.3) is 0 Å². The van der Waals surface area contributed by atoms with E-state index in [-0.39, 0.29) is 29.1 Å². The highest BCUT2D eigenvalue weighted by molar-refractivity contribution is 5.93. The summed E-state index contributed by atoms with van der Waals surface area (Å²) in [6, 6.07) is 11.2. The largest absolute Gasteiger partial charge is 0.396 e. The highest BCUT2D eigenvalue weighted by atomic mass is 16.3. The van der Waals surface area contributed by atoms with Crippen molar-refractivity contribution in [3.63, 3.8) is 0 Å². The van der Waals surface area contributed by atoms with E-state index in [9.17, 15) is 14.7 Å². The maximum absolute atomic E-state index is 12.6. The summed E-state index contributed by atoms with van der Waals surface area (Å²) in [5.74, 6) is -0.377. The fourth-order valence-corrected chi connectivity index (χ4v) is 2.77. The van der Waals surface area contributed by atoms with E-state index in [1.165, 1.54) is 0 Å². The zero-order valence-electron chi connectivity index (χ0n) is 13.8. The molecular weight excluding hydrogens is 304 g/mol. The first-order chi connectivity index (χ1) is 11.5. The number of nitrogens with zero attached hydrogens (tertiary/aromatic N) is 1. The van der Waals surface area contributed by atoms with Crippen LogP contribution >= 0.6 is 0 Å². The molecule has 0 spiro atoms. The van der Waals surface area contributed by atoms with Gasteiger partial charge in [0.2, 0.25) is 0 Å². The molecule has 0 unspecified atom stereocenters. The Morgan fingerprint density at radius 2 is 2.08 bits per heavy atom. The molecule has 0 radical (unpaired) electrons. The second kappa shape index (κ2) is 6.61. The summed E-state index contributed by atoms with van der Waals surface area (Å²) in [6.07, 6.45) is 3.52. The Morgan fingerprint density at radius 1 is 1.29 bits per heavy atom. The van der Waals surface area contributed by atoms with Crippen LogP contribution in [0.3, 0.4) is 0 Å². The van der Waals surface area contributed by atoms with Gasteiger partial charge in [-0.05, 0) is 37.5 Å². The van der Waals surface area contributed by atoms with E-state index < -0.39 is 0 Å². The van der Waals surface area contributed by atoms with Gasteiger partial charge < -0.3 is 15.0 Å². The number of hydrogen-bond acceptors (Lipinski definition) is 3. The third kappa shape index (κ3) is 3.57. The number of hydrogen-bond donors (Lipinski definition) is 2. The lowest BCUT2D eigenvalue weighted by molar-refractivity contribution is 0.0933. The minimum atomic E-state index is -0.377.